The van der Waals surface area contributed by atoms with Gasteiger partial charge in [-0.05, 0) is 12.8 Å². The maximum Gasteiger partial charge on any atom is 0.256 e. The van der Waals surface area contributed by atoms with E-state index in [-0.39, 0.29) is 0 Å². The molecular formula is C12H18N3O2+. The van der Waals surface area contributed by atoms with Crippen LogP contribution in [0.1, 0.15) is 19.3 Å². The lowest BCUT2D eigenvalue weighted by atomic mass is 10.2. The zero-order valence-corrected chi connectivity index (χ0v) is 10.0. The molecule has 0 bridgehead atoms. The number of nitrogens with zero attached hydrogens (tertiary/aromatic N) is 3. The van der Waals surface area contributed by atoms with Crippen molar-refractivity contribution < 1.29 is 14.4 Å². The average Bonchev–Trinajstić information content (AvgIpc) is 2.70. The molecule has 5 heteroatoms. The van der Waals surface area contributed by atoms with Crippen LogP contribution in [0.3, 0.4) is 0 Å². The van der Waals surface area contributed by atoms with Gasteiger partial charge in [0.25, 0.3) is 5.84 Å². The van der Waals surface area contributed by atoms with E-state index in [0.29, 0.717) is 17.0 Å². The maximum absolute atomic E-state index is 8.62. The van der Waals surface area contributed by atoms with Gasteiger partial charge in [0.05, 0.1) is 12.7 Å². The van der Waals surface area contributed by atoms with Gasteiger partial charge in [-0.3, -0.25) is 0 Å². The van der Waals surface area contributed by atoms with Crippen molar-refractivity contribution in [3.05, 3.63) is 12.4 Å². The molecule has 5 nitrogen and oxygen atoms in total. The van der Waals surface area contributed by atoms with Gasteiger partial charge in [0.2, 0.25) is 0 Å². The Bertz CT molecular complexity index is 368. The molecule has 0 saturated carbocycles. The first kappa shape index (κ1) is 13.4. The molecule has 1 rings (SSSR count). The smallest absolute Gasteiger partial charge is 0.256 e. The Labute approximate surface area is 102 Å². The number of terminal acetylenes is 1. The highest BCUT2D eigenvalue weighted by atomic mass is 16.5. The molecular weight excluding hydrogens is 218 g/mol. The topological polar surface area (TPSA) is 54.2 Å². The van der Waals surface area contributed by atoms with Gasteiger partial charge >= 0.3 is 0 Å². The molecule has 0 radical (unpaired) electrons. The third-order valence-electron chi connectivity index (χ3n) is 2.68. The highest BCUT2D eigenvalue weighted by Gasteiger charge is 2.34. The second kappa shape index (κ2) is 6.84. The standard InChI is InChI=1S/C12H17N3O2/c1-3-4-5-6-8-15(11-17-2)9-7-13-12(15)10-14-16/h1,7,9-10H,4-6,8,11H2,2H3/p+1/b14-10-. The zero-order valence-electron chi connectivity index (χ0n) is 10.0. The Hall–Kier alpha value is -1.64. The summed E-state index contributed by atoms with van der Waals surface area (Å²) < 4.78 is 5.67. The molecule has 17 heavy (non-hydrogen) atoms. The Morgan fingerprint density at radius 3 is 3.12 bits per heavy atom. The van der Waals surface area contributed by atoms with Crippen molar-refractivity contribution in [3.8, 4) is 12.3 Å². The van der Waals surface area contributed by atoms with E-state index < -0.39 is 0 Å². The number of amidine groups is 1. The molecule has 92 valence electrons. The van der Waals surface area contributed by atoms with Crippen molar-refractivity contribution in [2.24, 2.45) is 10.1 Å². The van der Waals surface area contributed by atoms with Crippen molar-refractivity contribution >= 4 is 12.1 Å². The number of quaternary nitrogens is 1. The Morgan fingerprint density at radius 2 is 2.47 bits per heavy atom. The lowest BCUT2D eigenvalue weighted by Crippen LogP contribution is -2.49. The molecule has 1 aliphatic rings. The number of oxime groups is 1. The quantitative estimate of drug-likeness (QED) is 0.182. The van der Waals surface area contributed by atoms with E-state index in [4.69, 9.17) is 16.4 Å². The second-order valence-corrected chi connectivity index (χ2v) is 3.87. The summed E-state index contributed by atoms with van der Waals surface area (Å²) in [5, 5.41) is 11.7. The Balaban J connectivity index is 2.66. The lowest BCUT2D eigenvalue weighted by molar-refractivity contribution is -0.807. The van der Waals surface area contributed by atoms with Crippen molar-refractivity contribution in [3.63, 3.8) is 0 Å². The summed E-state index contributed by atoms with van der Waals surface area (Å²) in [7, 11) is 1.64. The van der Waals surface area contributed by atoms with Crippen molar-refractivity contribution in [1.82, 2.24) is 0 Å². The highest BCUT2D eigenvalue weighted by Crippen LogP contribution is 2.18. The first-order valence-electron chi connectivity index (χ1n) is 5.52. The fraction of sp³-hybridized carbons (Fsp3) is 0.500. The minimum Gasteiger partial charge on any atom is -0.411 e. The monoisotopic (exact) mass is 236 g/mol. The molecule has 1 atom stereocenters. The van der Waals surface area contributed by atoms with E-state index in [9.17, 15) is 0 Å². The fourth-order valence-electron chi connectivity index (χ4n) is 1.84. The van der Waals surface area contributed by atoms with Crippen LogP contribution in [0.4, 0.5) is 0 Å². The maximum atomic E-state index is 8.62. The fourth-order valence-corrected chi connectivity index (χ4v) is 1.84. The molecule has 0 aromatic carbocycles. The summed E-state index contributed by atoms with van der Waals surface area (Å²) in [6, 6.07) is 0. The molecule has 0 aliphatic carbocycles. The zero-order chi connectivity index (χ0) is 12.6. The number of hydrogen-bond donors (Lipinski definition) is 1. The van der Waals surface area contributed by atoms with Gasteiger partial charge in [-0.1, -0.05) is 5.16 Å². The highest BCUT2D eigenvalue weighted by molar-refractivity contribution is 6.26. The van der Waals surface area contributed by atoms with Gasteiger partial charge in [0.15, 0.2) is 6.73 Å². The molecule has 0 amide bonds. The van der Waals surface area contributed by atoms with Crippen LogP contribution >= 0.6 is 0 Å². The summed E-state index contributed by atoms with van der Waals surface area (Å²) in [6.07, 6.45) is 12.9. The van der Waals surface area contributed by atoms with Crippen LogP contribution < -0.4 is 0 Å². The summed E-state index contributed by atoms with van der Waals surface area (Å²) in [5.74, 6) is 3.30. The predicted molar refractivity (Wildman–Crippen MR) is 66.5 cm³/mol. The lowest BCUT2D eigenvalue weighted by Gasteiger charge is -2.29. The van der Waals surface area contributed by atoms with Crippen LogP contribution in [0.15, 0.2) is 22.5 Å². The van der Waals surface area contributed by atoms with Crippen molar-refractivity contribution in [1.29, 1.82) is 0 Å². The molecule has 1 unspecified atom stereocenters. The molecule has 1 aliphatic heterocycles. The normalized spacial score (nSPS) is 22.9. The van der Waals surface area contributed by atoms with Crippen molar-refractivity contribution in [2.75, 3.05) is 20.4 Å². The first-order valence-corrected chi connectivity index (χ1v) is 5.52. The largest absolute Gasteiger partial charge is 0.411 e. The molecule has 1 N–H and O–H groups in total. The molecule has 0 saturated heterocycles. The molecule has 0 spiro atoms. The molecule has 0 aromatic rings. The minimum absolute atomic E-state index is 0.450. The number of aliphatic imine (C=N–C) groups is 1. The third-order valence-corrected chi connectivity index (χ3v) is 2.68. The SMILES string of the molecule is C#CCCCC[N+]1(COC)C=CN=C1/C=N\O. The summed E-state index contributed by atoms with van der Waals surface area (Å²) in [4.78, 5) is 4.18. The average molecular weight is 236 g/mol. The number of unbranched alkanes of at least 4 members (excludes halogenated alkanes) is 2. The van der Waals surface area contributed by atoms with E-state index in [1.165, 1.54) is 6.21 Å². The molecule has 0 fully saturated rings. The van der Waals surface area contributed by atoms with Crippen LogP contribution in [-0.2, 0) is 4.74 Å². The van der Waals surface area contributed by atoms with Gasteiger partial charge in [0, 0.05) is 13.5 Å². The van der Waals surface area contributed by atoms with E-state index in [1.807, 2.05) is 6.20 Å². The van der Waals surface area contributed by atoms with Gasteiger partial charge < -0.3 is 9.94 Å². The Kier molecular flexibility index (Phi) is 5.40. The van der Waals surface area contributed by atoms with Crippen LogP contribution in [0.25, 0.3) is 0 Å². The predicted octanol–water partition coefficient (Wildman–Crippen LogP) is 1.55. The van der Waals surface area contributed by atoms with Crippen LogP contribution in [-0.4, -0.2) is 42.1 Å². The van der Waals surface area contributed by atoms with E-state index in [2.05, 4.69) is 16.1 Å². The van der Waals surface area contributed by atoms with E-state index >= 15 is 0 Å². The van der Waals surface area contributed by atoms with Gasteiger partial charge in [-0.25, -0.2) is 4.48 Å². The van der Waals surface area contributed by atoms with Crippen LogP contribution in [0.2, 0.25) is 0 Å². The number of rotatable bonds is 7. The van der Waals surface area contributed by atoms with Gasteiger partial charge in [-0.15, -0.1) is 12.3 Å². The van der Waals surface area contributed by atoms with Gasteiger partial charge in [0.1, 0.15) is 12.4 Å². The summed E-state index contributed by atoms with van der Waals surface area (Å²) in [5.41, 5.74) is 0. The van der Waals surface area contributed by atoms with Gasteiger partial charge in [-0.2, -0.15) is 4.99 Å². The van der Waals surface area contributed by atoms with Crippen LogP contribution in [0, 0.1) is 12.3 Å². The summed E-state index contributed by atoms with van der Waals surface area (Å²) in [6.45, 7) is 1.30. The van der Waals surface area contributed by atoms with Crippen molar-refractivity contribution in [2.45, 2.75) is 19.3 Å². The Morgan fingerprint density at radius 1 is 1.65 bits per heavy atom. The van der Waals surface area contributed by atoms with Crippen LogP contribution in [0.5, 0.6) is 0 Å². The third kappa shape index (κ3) is 3.41. The number of hydrogen-bond acceptors (Lipinski definition) is 4. The molecule has 1 heterocycles. The number of ether oxygens (including phenoxy) is 1. The first-order chi connectivity index (χ1) is 8.29. The minimum atomic E-state index is 0.450. The van der Waals surface area contributed by atoms with E-state index in [1.54, 1.807) is 13.3 Å². The van der Waals surface area contributed by atoms with E-state index in [0.717, 1.165) is 25.8 Å². The molecule has 0 aromatic heterocycles. The second-order valence-electron chi connectivity index (χ2n) is 3.87. The summed E-state index contributed by atoms with van der Waals surface area (Å²) >= 11 is 0. The number of methoxy groups -OCH3 is 1.